The Bertz CT molecular complexity index is 387. The van der Waals surface area contributed by atoms with Crippen LogP contribution in [-0.4, -0.2) is 18.2 Å². The summed E-state index contributed by atoms with van der Waals surface area (Å²) in [5.74, 6) is -1.35. The lowest BCUT2D eigenvalue weighted by atomic mass is 10.0. The average Bonchev–Trinajstić information content (AvgIpc) is 2.26. The lowest BCUT2D eigenvalue weighted by Crippen LogP contribution is -2.13. The monoisotopic (exact) mass is 210 g/mol. The highest BCUT2D eigenvalue weighted by molar-refractivity contribution is 5.88. The van der Waals surface area contributed by atoms with Crippen LogP contribution in [0.25, 0.3) is 0 Å². The number of carbonyl (C=O) groups excluding carboxylic acids is 1. The minimum Gasteiger partial charge on any atom is -0.466 e. The predicted octanol–water partition coefficient (Wildman–Crippen LogP) is 1.59. The molecule has 0 aliphatic carbocycles. The van der Waals surface area contributed by atoms with Gasteiger partial charge in [-0.2, -0.15) is 0 Å². The number of methoxy groups -OCH3 is 1. The maximum atomic E-state index is 13.2. The second-order valence-electron chi connectivity index (χ2n) is 2.94. The molecule has 0 aromatic heterocycles. The molecule has 4 heteroatoms. The molecule has 1 aromatic carbocycles. The summed E-state index contributed by atoms with van der Waals surface area (Å²) in [5.41, 5.74) is -0.185. The van der Waals surface area contributed by atoms with Gasteiger partial charge in [-0.15, -0.1) is 0 Å². The van der Waals surface area contributed by atoms with Crippen LogP contribution in [0, 0.1) is 5.82 Å². The van der Waals surface area contributed by atoms with Crippen molar-refractivity contribution in [3.63, 3.8) is 0 Å². The first kappa shape index (κ1) is 11.4. The molecular formula is C11H11FO3. The number of hydrogen-bond donors (Lipinski definition) is 1. The Balaban J connectivity index is 2.95. The van der Waals surface area contributed by atoms with Crippen molar-refractivity contribution in [2.45, 2.75) is 6.10 Å². The van der Waals surface area contributed by atoms with Crippen molar-refractivity contribution in [1.82, 2.24) is 0 Å². The number of rotatable bonds is 3. The first-order valence-corrected chi connectivity index (χ1v) is 4.27. The van der Waals surface area contributed by atoms with Gasteiger partial charge in [0.15, 0.2) is 0 Å². The van der Waals surface area contributed by atoms with Crippen LogP contribution < -0.4 is 0 Å². The van der Waals surface area contributed by atoms with E-state index in [2.05, 4.69) is 11.3 Å². The van der Waals surface area contributed by atoms with Gasteiger partial charge >= 0.3 is 5.97 Å². The van der Waals surface area contributed by atoms with Gasteiger partial charge in [0.1, 0.15) is 11.9 Å². The fourth-order valence-electron chi connectivity index (χ4n) is 1.13. The topological polar surface area (TPSA) is 46.5 Å². The highest BCUT2D eigenvalue weighted by atomic mass is 19.1. The number of halogens is 1. The standard InChI is InChI=1S/C11H11FO3/c1-7(11(14)15-2)10(13)8-5-3-4-6-9(8)12/h3-6,10,13H,1H2,2H3/t10-/m0/s1. The summed E-state index contributed by atoms with van der Waals surface area (Å²) in [6.07, 6.45) is -1.38. The van der Waals surface area contributed by atoms with Crippen molar-refractivity contribution in [3.05, 3.63) is 47.8 Å². The molecule has 1 atom stereocenters. The Morgan fingerprint density at radius 2 is 2.13 bits per heavy atom. The first-order chi connectivity index (χ1) is 7.07. The molecule has 1 N–H and O–H groups in total. The number of hydrogen-bond acceptors (Lipinski definition) is 3. The molecule has 0 radical (unpaired) electrons. The van der Waals surface area contributed by atoms with Gasteiger partial charge in [-0.3, -0.25) is 0 Å². The van der Waals surface area contributed by atoms with Gasteiger partial charge < -0.3 is 9.84 Å². The molecule has 1 rings (SSSR count). The number of aliphatic hydroxyl groups excluding tert-OH is 1. The zero-order valence-corrected chi connectivity index (χ0v) is 8.24. The SMILES string of the molecule is C=C(C(=O)OC)[C@H](O)c1ccccc1F. The highest BCUT2D eigenvalue weighted by Gasteiger charge is 2.21. The van der Waals surface area contributed by atoms with E-state index in [1.807, 2.05) is 0 Å². The Hall–Kier alpha value is -1.68. The van der Waals surface area contributed by atoms with Gasteiger partial charge in [0.05, 0.1) is 12.7 Å². The molecule has 80 valence electrons. The third-order valence-electron chi connectivity index (χ3n) is 1.98. The lowest BCUT2D eigenvalue weighted by molar-refractivity contribution is -0.137. The smallest absolute Gasteiger partial charge is 0.336 e. The van der Waals surface area contributed by atoms with E-state index in [-0.39, 0.29) is 11.1 Å². The summed E-state index contributed by atoms with van der Waals surface area (Å²) in [6, 6.07) is 5.63. The molecule has 3 nitrogen and oxygen atoms in total. The van der Waals surface area contributed by atoms with E-state index in [9.17, 15) is 14.3 Å². The van der Waals surface area contributed by atoms with Crippen LogP contribution in [0.4, 0.5) is 4.39 Å². The van der Waals surface area contributed by atoms with Crippen LogP contribution in [0.15, 0.2) is 36.4 Å². The molecule has 0 aliphatic heterocycles. The zero-order chi connectivity index (χ0) is 11.4. The predicted molar refractivity (Wildman–Crippen MR) is 52.5 cm³/mol. The molecule has 0 saturated heterocycles. The number of benzene rings is 1. The van der Waals surface area contributed by atoms with Crippen LogP contribution >= 0.6 is 0 Å². The van der Waals surface area contributed by atoms with Crippen LogP contribution in [0.5, 0.6) is 0 Å². The fraction of sp³-hybridized carbons (Fsp3) is 0.182. The van der Waals surface area contributed by atoms with E-state index in [1.54, 1.807) is 6.07 Å². The number of ether oxygens (including phenoxy) is 1. The quantitative estimate of drug-likeness (QED) is 0.608. The van der Waals surface area contributed by atoms with Crippen molar-refractivity contribution in [3.8, 4) is 0 Å². The van der Waals surface area contributed by atoms with Gasteiger partial charge in [-0.05, 0) is 6.07 Å². The molecule has 15 heavy (non-hydrogen) atoms. The molecule has 0 unspecified atom stereocenters. The number of esters is 1. The molecule has 0 spiro atoms. The van der Waals surface area contributed by atoms with E-state index < -0.39 is 17.9 Å². The normalized spacial score (nSPS) is 11.9. The van der Waals surface area contributed by atoms with Gasteiger partial charge in [0.2, 0.25) is 0 Å². The molecule has 0 aliphatic rings. The van der Waals surface area contributed by atoms with E-state index in [0.717, 1.165) is 0 Å². The summed E-state index contributed by atoms with van der Waals surface area (Å²) in [5, 5.41) is 9.63. The minimum atomic E-state index is -1.38. The largest absolute Gasteiger partial charge is 0.466 e. The molecule has 0 heterocycles. The third kappa shape index (κ3) is 2.41. The first-order valence-electron chi connectivity index (χ1n) is 4.27. The van der Waals surface area contributed by atoms with Gasteiger partial charge in [0, 0.05) is 5.56 Å². The summed E-state index contributed by atoms with van der Waals surface area (Å²) in [4.78, 5) is 11.0. The van der Waals surface area contributed by atoms with E-state index in [4.69, 9.17) is 0 Å². The minimum absolute atomic E-state index is 0.00731. The molecule has 0 fully saturated rings. The van der Waals surface area contributed by atoms with Crippen molar-refractivity contribution in [2.75, 3.05) is 7.11 Å². The fourth-order valence-corrected chi connectivity index (χ4v) is 1.13. The number of aliphatic hydroxyl groups is 1. The lowest BCUT2D eigenvalue weighted by Gasteiger charge is -2.12. The average molecular weight is 210 g/mol. The Labute approximate surface area is 86.8 Å². The molecule has 0 bridgehead atoms. The Kier molecular flexibility index (Phi) is 3.57. The second kappa shape index (κ2) is 4.70. The maximum Gasteiger partial charge on any atom is 0.336 e. The van der Waals surface area contributed by atoms with Gasteiger partial charge in [-0.1, -0.05) is 24.8 Å². The third-order valence-corrected chi connectivity index (χ3v) is 1.98. The molecule has 0 saturated carbocycles. The highest BCUT2D eigenvalue weighted by Crippen LogP contribution is 2.23. The van der Waals surface area contributed by atoms with Crippen LogP contribution in [0.1, 0.15) is 11.7 Å². The van der Waals surface area contributed by atoms with Crippen molar-refractivity contribution in [2.24, 2.45) is 0 Å². The summed E-state index contributed by atoms with van der Waals surface area (Å²) in [6.45, 7) is 3.35. The number of carbonyl (C=O) groups is 1. The van der Waals surface area contributed by atoms with Crippen LogP contribution in [-0.2, 0) is 9.53 Å². The van der Waals surface area contributed by atoms with Crippen LogP contribution in [0.3, 0.4) is 0 Å². The summed E-state index contributed by atoms with van der Waals surface area (Å²) in [7, 11) is 1.17. The Morgan fingerprint density at radius 3 is 2.67 bits per heavy atom. The van der Waals surface area contributed by atoms with Crippen LogP contribution in [0.2, 0.25) is 0 Å². The van der Waals surface area contributed by atoms with E-state index in [0.29, 0.717) is 0 Å². The molecule has 1 aromatic rings. The maximum absolute atomic E-state index is 13.2. The summed E-state index contributed by atoms with van der Waals surface area (Å²) < 4.78 is 17.6. The van der Waals surface area contributed by atoms with Gasteiger partial charge in [0.25, 0.3) is 0 Å². The zero-order valence-electron chi connectivity index (χ0n) is 8.24. The van der Waals surface area contributed by atoms with Gasteiger partial charge in [-0.25, -0.2) is 9.18 Å². The van der Waals surface area contributed by atoms with Crippen molar-refractivity contribution in [1.29, 1.82) is 0 Å². The van der Waals surface area contributed by atoms with Crippen molar-refractivity contribution >= 4 is 5.97 Å². The van der Waals surface area contributed by atoms with Crippen molar-refractivity contribution < 1.29 is 19.0 Å². The Morgan fingerprint density at radius 1 is 1.53 bits per heavy atom. The summed E-state index contributed by atoms with van der Waals surface area (Å²) >= 11 is 0. The second-order valence-corrected chi connectivity index (χ2v) is 2.94. The molecule has 0 amide bonds. The van der Waals surface area contributed by atoms with E-state index in [1.165, 1.54) is 25.3 Å². The van der Waals surface area contributed by atoms with E-state index >= 15 is 0 Å². The molecular weight excluding hydrogens is 199 g/mol.